The number of aliphatic hydroxyl groups excluding tert-OH is 1. The molecular formula is C19H25NO4. The Hall–Kier alpha value is -2.19. The van der Waals surface area contributed by atoms with Crippen molar-refractivity contribution in [1.29, 1.82) is 0 Å². The molecule has 5 nitrogen and oxygen atoms in total. The molecular weight excluding hydrogens is 306 g/mol. The van der Waals surface area contributed by atoms with Gasteiger partial charge in [-0.2, -0.15) is 0 Å². The monoisotopic (exact) mass is 331 g/mol. The molecule has 2 N–H and O–H groups in total. The lowest BCUT2D eigenvalue weighted by Crippen LogP contribution is -2.28. The van der Waals surface area contributed by atoms with Gasteiger partial charge in [-0.25, -0.2) is 4.79 Å². The fraction of sp³-hybridized carbons (Fsp3) is 0.526. The fourth-order valence-electron chi connectivity index (χ4n) is 2.93. The number of hydrogen-bond acceptors (Lipinski definition) is 4. The maximum Gasteiger partial charge on any atom is 0.408 e. The number of hydrogen-bond donors (Lipinski definition) is 2. The van der Waals surface area contributed by atoms with E-state index in [9.17, 15) is 9.90 Å². The summed E-state index contributed by atoms with van der Waals surface area (Å²) in [6, 6.07) is 7.90. The van der Waals surface area contributed by atoms with Gasteiger partial charge >= 0.3 is 6.09 Å². The summed E-state index contributed by atoms with van der Waals surface area (Å²) in [6.45, 7) is 0.662. The van der Waals surface area contributed by atoms with Crippen molar-refractivity contribution in [2.75, 3.05) is 19.8 Å². The summed E-state index contributed by atoms with van der Waals surface area (Å²) in [5.41, 5.74) is 1.21. The third kappa shape index (κ3) is 6.13. The van der Waals surface area contributed by atoms with Gasteiger partial charge in [-0.15, -0.1) is 6.42 Å². The van der Waals surface area contributed by atoms with Crippen molar-refractivity contribution in [2.45, 2.75) is 38.2 Å². The zero-order valence-electron chi connectivity index (χ0n) is 13.9. The van der Waals surface area contributed by atoms with E-state index in [1.807, 2.05) is 24.3 Å². The van der Waals surface area contributed by atoms with E-state index in [1.54, 1.807) is 0 Å². The smallest absolute Gasteiger partial charge is 0.408 e. The average Bonchev–Trinajstić information content (AvgIpc) is 2.60. The Balaban J connectivity index is 1.68. The molecule has 1 aromatic carbocycles. The Morgan fingerprint density at radius 3 is 2.75 bits per heavy atom. The Morgan fingerprint density at radius 2 is 2.04 bits per heavy atom. The molecule has 1 amide bonds. The van der Waals surface area contributed by atoms with Gasteiger partial charge in [-0.05, 0) is 42.9 Å². The van der Waals surface area contributed by atoms with Gasteiger partial charge < -0.3 is 19.9 Å². The second-order valence-corrected chi connectivity index (χ2v) is 6.02. The second kappa shape index (κ2) is 9.84. The fourth-order valence-corrected chi connectivity index (χ4v) is 2.93. The number of rotatable bonds is 7. The highest BCUT2D eigenvalue weighted by Gasteiger charge is 2.22. The number of amides is 1. The van der Waals surface area contributed by atoms with Gasteiger partial charge in [-0.1, -0.05) is 30.9 Å². The molecule has 1 fully saturated rings. The van der Waals surface area contributed by atoms with Crippen molar-refractivity contribution in [3.05, 3.63) is 29.8 Å². The van der Waals surface area contributed by atoms with Gasteiger partial charge in [0.05, 0.1) is 12.6 Å². The van der Waals surface area contributed by atoms with Crippen LogP contribution in [0.2, 0.25) is 0 Å². The van der Waals surface area contributed by atoms with E-state index >= 15 is 0 Å². The van der Waals surface area contributed by atoms with Crippen LogP contribution in [0.1, 0.15) is 31.2 Å². The van der Waals surface area contributed by atoms with Crippen LogP contribution in [0.4, 0.5) is 4.79 Å². The molecule has 2 rings (SSSR count). The summed E-state index contributed by atoms with van der Waals surface area (Å²) in [5, 5.41) is 12.6. The van der Waals surface area contributed by atoms with Crippen molar-refractivity contribution >= 4 is 6.09 Å². The zero-order chi connectivity index (χ0) is 17.2. The third-order valence-electron chi connectivity index (χ3n) is 4.22. The number of carbonyl (C=O) groups excluding carboxylic acids is 1. The lowest BCUT2D eigenvalue weighted by molar-refractivity contribution is 0.0700. The van der Waals surface area contributed by atoms with Crippen LogP contribution in [0.25, 0.3) is 0 Å². The second-order valence-electron chi connectivity index (χ2n) is 6.02. The Morgan fingerprint density at radius 1 is 1.29 bits per heavy atom. The van der Waals surface area contributed by atoms with E-state index in [4.69, 9.17) is 11.2 Å². The van der Waals surface area contributed by atoms with Crippen LogP contribution in [0.3, 0.4) is 0 Å². The normalized spacial score (nSPS) is 20.0. The van der Waals surface area contributed by atoms with Crippen LogP contribution < -0.4 is 10.1 Å². The van der Waals surface area contributed by atoms with Gasteiger partial charge in [0.25, 0.3) is 0 Å². The third-order valence-corrected chi connectivity index (χ3v) is 4.22. The predicted molar refractivity (Wildman–Crippen MR) is 91.8 cm³/mol. The molecule has 0 unspecified atom stereocenters. The molecule has 0 heterocycles. The number of terminal acetylenes is 1. The van der Waals surface area contributed by atoms with Crippen molar-refractivity contribution in [3.63, 3.8) is 0 Å². The molecule has 1 aliphatic carbocycles. The molecule has 1 saturated carbocycles. The number of alkyl carbamates (subject to hydrolysis) is 1. The molecule has 0 saturated heterocycles. The topological polar surface area (TPSA) is 67.8 Å². The number of aliphatic hydroxyl groups is 1. The molecule has 24 heavy (non-hydrogen) atoms. The number of ether oxygens (including phenoxy) is 2. The minimum absolute atomic E-state index is 0.0379. The van der Waals surface area contributed by atoms with Crippen LogP contribution in [-0.4, -0.2) is 37.1 Å². The molecule has 0 spiro atoms. The molecule has 1 aromatic rings. The highest BCUT2D eigenvalue weighted by molar-refractivity contribution is 5.67. The number of nitrogens with one attached hydrogen (secondary N) is 1. The highest BCUT2D eigenvalue weighted by atomic mass is 16.5. The van der Waals surface area contributed by atoms with Gasteiger partial charge in [0.1, 0.15) is 12.4 Å². The van der Waals surface area contributed by atoms with E-state index in [0.717, 1.165) is 31.4 Å². The first kappa shape index (κ1) is 18.2. The minimum atomic E-state index is -0.544. The van der Waals surface area contributed by atoms with Gasteiger partial charge in [0.15, 0.2) is 6.61 Å². The highest BCUT2D eigenvalue weighted by Crippen LogP contribution is 2.27. The summed E-state index contributed by atoms with van der Waals surface area (Å²) < 4.78 is 10.2. The van der Waals surface area contributed by atoms with E-state index in [2.05, 4.69) is 16.0 Å². The molecule has 0 aliphatic heterocycles. The van der Waals surface area contributed by atoms with Crippen molar-refractivity contribution in [3.8, 4) is 18.1 Å². The number of benzene rings is 1. The molecule has 130 valence electrons. The minimum Gasteiger partial charge on any atom is -0.492 e. The van der Waals surface area contributed by atoms with Crippen molar-refractivity contribution in [2.24, 2.45) is 5.92 Å². The predicted octanol–water partition coefficient (Wildman–Crippen LogP) is 2.52. The molecule has 5 heteroatoms. The molecule has 2 atom stereocenters. The molecule has 0 aromatic heterocycles. The first-order chi connectivity index (χ1) is 11.7. The summed E-state index contributed by atoms with van der Waals surface area (Å²) in [6.07, 6.45) is 9.54. The lowest BCUT2D eigenvalue weighted by Gasteiger charge is -2.27. The van der Waals surface area contributed by atoms with Crippen molar-refractivity contribution < 1.29 is 19.4 Å². The molecule has 0 radical (unpaired) electrons. The van der Waals surface area contributed by atoms with Crippen LogP contribution in [-0.2, 0) is 11.2 Å². The van der Waals surface area contributed by atoms with Crippen LogP contribution in [0.5, 0.6) is 5.75 Å². The van der Waals surface area contributed by atoms with Crippen LogP contribution in [0, 0.1) is 18.3 Å². The van der Waals surface area contributed by atoms with E-state index in [1.165, 1.54) is 12.0 Å². The number of carbonyl (C=O) groups is 1. The van der Waals surface area contributed by atoms with E-state index in [-0.39, 0.29) is 12.7 Å². The van der Waals surface area contributed by atoms with Gasteiger partial charge in [-0.3, -0.25) is 0 Å². The maximum atomic E-state index is 11.2. The molecule has 0 bridgehead atoms. The Bertz CT molecular complexity index is 549. The van der Waals surface area contributed by atoms with Crippen LogP contribution >= 0.6 is 0 Å². The Labute approximate surface area is 143 Å². The largest absolute Gasteiger partial charge is 0.492 e. The lowest BCUT2D eigenvalue weighted by atomic mass is 9.82. The first-order valence-electron chi connectivity index (χ1n) is 8.43. The van der Waals surface area contributed by atoms with E-state index in [0.29, 0.717) is 19.1 Å². The summed E-state index contributed by atoms with van der Waals surface area (Å²) in [7, 11) is 0. The van der Waals surface area contributed by atoms with Crippen LogP contribution in [0.15, 0.2) is 24.3 Å². The van der Waals surface area contributed by atoms with Gasteiger partial charge in [0.2, 0.25) is 0 Å². The summed E-state index contributed by atoms with van der Waals surface area (Å²) in [4.78, 5) is 11.2. The first-order valence-corrected chi connectivity index (χ1v) is 8.43. The Kier molecular flexibility index (Phi) is 7.44. The van der Waals surface area contributed by atoms with E-state index < -0.39 is 6.09 Å². The SMILES string of the molecule is C#CCOC(=O)NCCOc1ccc(C[C@@H]2CCCC[C@@H]2O)cc1. The molecule has 1 aliphatic rings. The standard InChI is InChI=1S/C19H25NO4/c1-2-12-24-19(22)20-11-13-23-17-9-7-15(8-10-17)14-16-5-3-4-6-18(16)21/h1,7-10,16,18,21H,3-6,11-14H2,(H,20,22)/t16-,18-/m0/s1. The van der Waals surface area contributed by atoms with Gasteiger partial charge in [0, 0.05) is 0 Å². The quantitative estimate of drug-likeness (QED) is 0.595. The maximum absolute atomic E-state index is 11.2. The summed E-state index contributed by atoms with van der Waals surface area (Å²) >= 11 is 0. The van der Waals surface area contributed by atoms with Crippen molar-refractivity contribution in [1.82, 2.24) is 5.32 Å². The zero-order valence-corrected chi connectivity index (χ0v) is 13.9. The average molecular weight is 331 g/mol. The summed E-state index contributed by atoms with van der Waals surface area (Å²) in [5.74, 6) is 3.34.